The molecule has 0 aromatic carbocycles. The van der Waals surface area contributed by atoms with Gasteiger partial charge in [0.05, 0.1) is 6.20 Å². The number of rotatable bonds is 1. The molecule has 0 spiro atoms. The molecule has 0 unspecified atom stereocenters. The van der Waals surface area contributed by atoms with E-state index in [1.807, 2.05) is 0 Å². The number of hydrogen-bond acceptors (Lipinski definition) is 4. The average molecular weight is 174 g/mol. The van der Waals surface area contributed by atoms with E-state index in [1.165, 1.54) is 6.20 Å². The Bertz CT molecular complexity index is 360. The quantitative estimate of drug-likeness (QED) is 0.409. The Kier molecular flexibility index (Phi) is 1.77. The van der Waals surface area contributed by atoms with Gasteiger partial charge in [0.1, 0.15) is 6.20 Å². The fourth-order valence-corrected chi connectivity index (χ4v) is 1.24. The summed E-state index contributed by atoms with van der Waals surface area (Å²) in [5.74, 6) is 0. The Labute approximate surface area is 63.8 Å². The van der Waals surface area contributed by atoms with Crippen molar-refractivity contribution >= 4 is 9.84 Å². The van der Waals surface area contributed by atoms with Crippen molar-refractivity contribution in [2.45, 2.75) is 5.03 Å². The van der Waals surface area contributed by atoms with Gasteiger partial charge in [-0.2, -0.15) is 4.73 Å². The van der Waals surface area contributed by atoms with E-state index in [0.717, 1.165) is 18.6 Å². The van der Waals surface area contributed by atoms with E-state index in [0.29, 0.717) is 0 Å². The van der Waals surface area contributed by atoms with Gasteiger partial charge in [0, 0.05) is 6.26 Å². The second-order valence-electron chi connectivity index (χ2n) is 2.01. The van der Waals surface area contributed by atoms with Gasteiger partial charge in [0.15, 0.2) is 6.20 Å². The summed E-state index contributed by atoms with van der Waals surface area (Å²) in [6, 6.07) is 0. The van der Waals surface area contributed by atoms with Crippen molar-refractivity contribution < 1.29 is 13.1 Å². The second kappa shape index (κ2) is 2.46. The van der Waals surface area contributed by atoms with Crippen molar-refractivity contribution in [1.82, 2.24) is 4.98 Å². The molecule has 0 aliphatic rings. The fourth-order valence-electron chi connectivity index (χ4n) is 0.595. The fraction of sp³-hybridized carbons (Fsp3) is 0.200. The standard InChI is InChI=1S/C5H6N2O3S/c1-11(9,10)5-4-6-2-3-7(5)8/h2-4H,1H3. The van der Waals surface area contributed by atoms with E-state index < -0.39 is 9.84 Å². The molecule has 0 aliphatic carbocycles. The van der Waals surface area contributed by atoms with Crippen molar-refractivity contribution in [2.24, 2.45) is 0 Å². The first kappa shape index (κ1) is 7.93. The van der Waals surface area contributed by atoms with Crippen LogP contribution < -0.4 is 4.73 Å². The van der Waals surface area contributed by atoms with Crippen LogP contribution in [-0.2, 0) is 9.84 Å². The van der Waals surface area contributed by atoms with Crippen LogP contribution >= 0.6 is 0 Å². The van der Waals surface area contributed by atoms with Gasteiger partial charge in [0.2, 0.25) is 9.84 Å². The molecule has 60 valence electrons. The van der Waals surface area contributed by atoms with E-state index >= 15 is 0 Å². The Morgan fingerprint density at radius 1 is 1.64 bits per heavy atom. The predicted octanol–water partition coefficient (Wildman–Crippen LogP) is -0.881. The summed E-state index contributed by atoms with van der Waals surface area (Å²) in [6.07, 6.45) is 4.23. The molecule has 0 N–H and O–H groups in total. The van der Waals surface area contributed by atoms with Gasteiger partial charge in [-0.1, -0.05) is 0 Å². The van der Waals surface area contributed by atoms with E-state index in [2.05, 4.69) is 4.98 Å². The highest BCUT2D eigenvalue weighted by Crippen LogP contribution is 1.97. The summed E-state index contributed by atoms with van der Waals surface area (Å²) in [5.41, 5.74) is 0. The number of nitrogens with zero attached hydrogens (tertiary/aromatic N) is 2. The molecule has 1 rings (SSSR count). The summed E-state index contributed by atoms with van der Waals surface area (Å²) < 4.78 is 21.9. The molecular formula is C5H6N2O3S. The molecule has 0 aliphatic heterocycles. The molecule has 11 heavy (non-hydrogen) atoms. The van der Waals surface area contributed by atoms with Crippen molar-refractivity contribution in [3.8, 4) is 0 Å². The smallest absolute Gasteiger partial charge is 0.326 e. The summed E-state index contributed by atoms with van der Waals surface area (Å²) >= 11 is 0. The highest BCUT2D eigenvalue weighted by molar-refractivity contribution is 7.90. The van der Waals surface area contributed by atoms with Gasteiger partial charge < -0.3 is 5.21 Å². The van der Waals surface area contributed by atoms with Gasteiger partial charge in [-0.05, 0) is 0 Å². The largest absolute Gasteiger partial charge is 0.618 e. The molecule has 0 amide bonds. The number of hydrogen-bond donors (Lipinski definition) is 0. The average Bonchev–Trinajstić information content (AvgIpc) is 1.86. The first-order valence-corrected chi connectivity index (χ1v) is 4.64. The van der Waals surface area contributed by atoms with Crippen molar-refractivity contribution in [3.05, 3.63) is 23.8 Å². The zero-order chi connectivity index (χ0) is 8.48. The number of aromatic nitrogens is 2. The monoisotopic (exact) mass is 174 g/mol. The first-order chi connectivity index (χ1) is 5.02. The molecule has 6 heteroatoms. The third-order valence-corrected chi connectivity index (χ3v) is 2.12. The third kappa shape index (κ3) is 1.64. The lowest BCUT2D eigenvalue weighted by atomic mass is 10.8. The van der Waals surface area contributed by atoms with Gasteiger partial charge in [-0.15, -0.1) is 0 Å². The first-order valence-electron chi connectivity index (χ1n) is 2.75. The van der Waals surface area contributed by atoms with E-state index in [-0.39, 0.29) is 9.76 Å². The molecular weight excluding hydrogens is 168 g/mol. The topological polar surface area (TPSA) is 74.0 Å². The Morgan fingerprint density at radius 3 is 2.64 bits per heavy atom. The van der Waals surface area contributed by atoms with Gasteiger partial charge >= 0.3 is 5.03 Å². The Morgan fingerprint density at radius 2 is 2.27 bits per heavy atom. The maximum absolute atomic E-state index is 10.8. The minimum Gasteiger partial charge on any atom is -0.618 e. The third-order valence-electron chi connectivity index (χ3n) is 1.07. The van der Waals surface area contributed by atoms with Crippen molar-refractivity contribution in [2.75, 3.05) is 6.26 Å². The molecule has 0 saturated carbocycles. The maximum Gasteiger partial charge on any atom is 0.326 e. The van der Waals surface area contributed by atoms with Gasteiger partial charge in [-0.3, -0.25) is 4.98 Å². The highest BCUT2D eigenvalue weighted by Gasteiger charge is 2.16. The Hall–Kier alpha value is -1.17. The van der Waals surface area contributed by atoms with Crippen molar-refractivity contribution in [3.63, 3.8) is 0 Å². The van der Waals surface area contributed by atoms with E-state index in [4.69, 9.17) is 0 Å². The molecule has 1 heterocycles. The molecule has 0 saturated heterocycles. The van der Waals surface area contributed by atoms with Crippen LogP contribution in [0.3, 0.4) is 0 Å². The van der Waals surface area contributed by atoms with Gasteiger partial charge in [-0.25, -0.2) is 8.42 Å². The minimum atomic E-state index is -3.45. The molecule has 0 bridgehead atoms. The molecule has 0 atom stereocenters. The van der Waals surface area contributed by atoms with Crippen LogP contribution in [0.4, 0.5) is 0 Å². The van der Waals surface area contributed by atoms with E-state index in [1.54, 1.807) is 0 Å². The molecule has 1 aromatic rings. The molecule has 0 radical (unpaired) electrons. The zero-order valence-corrected chi connectivity index (χ0v) is 6.58. The Balaban J connectivity index is 3.37. The van der Waals surface area contributed by atoms with Crippen LogP contribution in [0, 0.1) is 5.21 Å². The normalized spacial score (nSPS) is 11.4. The highest BCUT2D eigenvalue weighted by atomic mass is 32.2. The second-order valence-corrected chi connectivity index (χ2v) is 3.98. The zero-order valence-electron chi connectivity index (χ0n) is 5.76. The van der Waals surface area contributed by atoms with Crippen LogP contribution in [0.2, 0.25) is 0 Å². The predicted molar refractivity (Wildman–Crippen MR) is 36.3 cm³/mol. The summed E-state index contributed by atoms with van der Waals surface area (Å²) in [4.78, 5) is 3.51. The lowest BCUT2D eigenvalue weighted by Gasteiger charge is -1.98. The summed E-state index contributed by atoms with van der Waals surface area (Å²) in [6.45, 7) is 0. The van der Waals surface area contributed by atoms with Crippen LogP contribution in [0.1, 0.15) is 0 Å². The van der Waals surface area contributed by atoms with Gasteiger partial charge in [0.25, 0.3) is 0 Å². The summed E-state index contributed by atoms with van der Waals surface area (Å²) in [5, 5.41) is 10.4. The number of sulfone groups is 1. The van der Waals surface area contributed by atoms with E-state index in [9.17, 15) is 13.6 Å². The molecule has 1 aromatic heterocycles. The van der Waals surface area contributed by atoms with Crippen molar-refractivity contribution in [1.29, 1.82) is 0 Å². The van der Waals surface area contributed by atoms with Crippen LogP contribution in [0.5, 0.6) is 0 Å². The lowest BCUT2D eigenvalue weighted by Crippen LogP contribution is -2.33. The SMILES string of the molecule is CS(=O)(=O)c1cncc[n+]1[O-]. The minimum absolute atomic E-state index is 0.266. The molecule has 0 fully saturated rings. The maximum atomic E-state index is 10.8. The molecule has 5 nitrogen and oxygen atoms in total. The van der Waals surface area contributed by atoms with Crippen LogP contribution in [-0.4, -0.2) is 19.7 Å². The van der Waals surface area contributed by atoms with Crippen LogP contribution in [0.25, 0.3) is 0 Å². The lowest BCUT2D eigenvalue weighted by molar-refractivity contribution is -0.647. The summed E-state index contributed by atoms with van der Waals surface area (Å²) in [7, 11) is -3.45. The van der Waals surface area contributed by atoms with Crippen LogP contribution in [0.15, 0.2) is 23.6 Å².